The maximum Gasteiger partial charge on any atom is 0.241 e. The van der Waals surface area contributed by atoms with Gasteiger partial charge in [0.05, 0.1) is 25.8 Å². The predicted octanol–water partition coefficient (Wildman–Crippen LogP) is 3.41. The zero-order valence-electron chi connectivity index (χ0n) is 15.4. The Hall–Kier alpha value is -3.22. The second-order valence-corrected chi connectivity index (χ2v) is 6.47. The van der Waals surface area contributed by atoms with E-state index in [0.29, 0.717) is 12.6 Å². The summed E-state index contributed by atoms with van der Waals surface area (Å²) in [5.74, 6) is 2.62. The zero-order chi connectivity index (χ0) is 18.8. The summed E-state index contributed by atoms with van der Waals surface area (Å²) in [6.45, 7) is 2.63. The highest BCUT2D eigenvalue weighted by atomic mass is 16.5. The average Bonchev–Trinajstić information content (AvgIpc) is 3.08. The van der Waals surface area contributed by atoms with E-state index in [2.05, 4.69) is 33.6 Å². The fourth-order valence-corrected chi connectivity index (χ4v) is 3.50. The molecule has 0 bridgehead atoms. The number of ether oxygens (including phenoxy) is 2. The fraction of sp³-hybridized carbons (Fsp3) is 0.300. The third-order valence-electron chi connectivity index (χ3n) is 4.78. The molecule has 2 atom stereocenters. The molecule has 2 aromatic carbocycles. The normalized spacial score (nSPS) is 18.4. The van der Waals surface area contributed by atoms with Gasteiger partial charge in [0.15, 0.2) is 0 Å². The van der Waals surface area contributed by atoms with Gasteiger partial charge in [-0.25, -0.2) is 4.68 Å². The van der Waals surface area contributed by atoms with Crippen LogP contribution in [0, 0.1) is 0 Å². The van der Waals surface area contributed by atoms with Crippen molar-refractivity contribution in [2.45, 2.75) is 25.4 Å². The van der Waals surface area contributed by atoms with Crippen molar-refractivity contribution >= 4 is 11.9 Å². The molecule has 3 N–H and O–H groups in total. The SMILES string of the molecule is CCOc1ccc([C@@H]2C[C@@H](c3cccc(OC)c3)n3nc(N)nc3N2)cc1. The molecule has 4 rings (SSSR count). The van der Waals surface area contributed by atoms with Gasteiger partial charge < -0.3 is 20.5 Å². The fourth-order valence-electron chi connectivity index (χ4n) is 3.50. The zero-order valence-corrected chi connectivity index (χ0v) is 15.4. The Labute approximate surface area is 158 Å². The van der Waals surface area contributed by atoms with Gasteiger partial charge >= 0.3 is 0 Å². The number of fused-ring (bicyclic) bond motifs is 1. The summed E-state index contributed by atoms with van der Waals surface area (Å²) < 4.78 is 12.8. The number of benzene rings is 2. The third kappa shape index (κ3) is 3.40. The molecule has 7 heteroatoms. The lowest BCUT2D eigenvalue weighted by molar-refractivity contribution is 0.340. The minimum absolute atomic E-state index is 0.0118. The minimum Gasteiger partial charge on any atom is -0.497 e. The van der Waals surface area contributed by atoms with Gasteiger partial charge in [-0.05, 0) is 48.7 Å². The number of nitrogens with one attached hydrogen (secondary N) is 1. The molecular formula is C20H23N5O2. The van der Waals surface area contributed by atoms with Crippen LogP contribution < -0.4 is 20.5 Å². The van der Waals surface area contributed by atoms with Crippen molar-refractivity contribution in [1.82, 2.24) is 14.8 Å². The molecule has 0 unspecified atom stereocenters. The largest absolute Gasteiger partial charge is 0.497 e. The highest BCUT2D eigenvalue weighted by molar-refractivity contribution is 5.43. The average molecular weight is 365 g/mol. The number of aromatic nitrogens is 3. The topological polar surface area (TPSA) is 87.2 Å². The van der Waals surface area contributed by atoms with Crippen molar-refractivity contribution < 1.29 is 9.47 Å². The lowest BCUT2D eigenvalue weighted by atomic mass is 9.93. The highest BCUT2D eigenvalue weighted by Crippen LogP contribution is 2.39. The van der Waals surface area contributed by atoms with E-state index in [4.69, 9.17) is 15.2 Å². The van der Waals surface area contributed by atoms with Crippen LogP contribution >= 0.6 is 0 Å². The van der Waals surface area contributed by atoms with Crippen LogP contribution in [-0.2, 0) is 0 Å². The summed E-state index contributed by atoms with van der Waals surface area (Å²) in [5, 5.41) is 7.84. The van der Waals surface area contributed by atoms with Gasteiger partial charge in [0.25, 0.3) is 0 Å². The molecule has 7 nitrogen and oxygen atoms in total. The number of nitrogen functional groups attached to an aromatic ring is 1. The van der Waals surface area contributed by atoms with Crippen LogP contribution in [0.2, 0.25) is 0 Å². The Morgan fingerprint density at radius 2 is 1.96 bits per heavy atom. The van der Waals surface area contributed by atoms with E-state index in [0.717, 1.165) is 23.5 Å². The van der Waals surface area contributed by atoms with Crippen molar-refractivity contribution in [1.29, 1.82) is 0 Å². The molecule has 0 amide bonds. The van der Waals surface area contributed by atoms with E-state index < -0.39 is 0 Å². The quantitative estimate of drug-likeness (QED) is 0.720. The Balaban J connectivity index is 1.68. The summed E-state index contributed by atoms with van der Waals surface area (Å²) >= 11 is 0. The first-order valence-corrected chi connectivity index (χ1v) is 9.03. The molecule has 3 aromatic rings. The van der Waals surface area contributed by atoms with Gasteiger partial charge in [-0.1, -0.05) is 24.3 Å². The summed E-state index contributed by atoms with van der Waals surface area (Å²) in [6, 6.07) is 16.3. The number of methoxy groups -OCH3 is 1. The van der Waals surface area contributed by atoms with Gasteiger partial charge in [-0.15, -0.1) is 5.10 Å². The summed E-state index contributed by atoms with van der Waals surface area (Å²) in [4.78, 5) is 4.35. The van der Waals surface area contributed by atoms with Crippen LogP contribution in [0.15, 0.2) is 48.5 Å². The Kier molecular flexibility index (Phi) is 4.58. The first-order chi connectivity index (χ1) is 13.2. The van der Waals surface area contributed by atoms with Crippen molar-refractivity contribution in [2.24, 2.45) is 0 Å². The molecule has 1 aliphatic heterocycles. The van der Waals surface area contributed by atoms with Crippen molar-refractivity contribution in [3.63, 3.8) is 0 Å². The maximum atomic E-state index is 5.87. The molecule has 0 saturated heterocycles. The second-order valence-electron chi connectivity index (χ2n) is 6.47. The monoisotopic (exact) mass is 365 g/mol. The second kappa shape index (κ2) is 7.19. The summed E-state index contributed by atoms with van der Waals surface area (Å²) in [5.41, 5.74) is 8.14. The molecule has 0 saturated carbocycles. The molecule has 27 heavy (non-hydrogen) atoms. The number of nitrogens with zero attached hydrogens (tertiary/aromatic N) is 3. The van der Waals surface area contributed by atoms with Gasteiger partial charge in [0.2, 0.25) is 11.9 Å². The van der Waals surface area contributed by atoms with Crippen molar-refractivity contribution in [3.05, 3.63) is 59.7 Å². The van der Waals surface area contributed by atoms with Crippen LogP contribution in [0.25, 0.3) is 0 Å². The molecule has 140 valence electrons. The molecule has 0 radical (unpaired) electrons. The number of nitrogens with two attached hydrogens (primary N) is 1. The van der Waals surface area contributed by atoms with Crippen molar-refractivity contribution in [2.75, 3.05) is 24.8 Å². The predicted molar refractivity (Wildman–Crippen MR) is 104 cm³/mol. The van der Waals surface area contributed by atoms with Gasteiger partial charge in [-0.3, -0.25) is 0 Å². The number of anilines is 2. The Morgan fingerprint density at radius 1 is 1.15 bits per heavy atom. The first kappa shape index (κ1) is 17.2. The highest BCUT2D eigenvalue weighted by Gasteiger charge is 2.31. The van der Waals surface area contributed by atoms with Crippen LogP contribution in [0.5, 0.6) is 11.5 Å². The van der Waals surface area contributed by atoms with Gasteiger partial charge in [0, 0.05) is 0 Å². The van der Waals surface area contributed by atoms with Crippen LogP contribution in [-0.4, -0.2) is 28.5 Å². The molecule has 0 fully saturated rings. The van der Waals surface area contributed by atoms with Crippen LogP contribution in [0.4, 0.5) is 11.9 Å². The molecule has 0 aliphatic carbocycles. The van der Waals surface area contributed by atoms with E-state index in [1.165, 1.54) is 5.56 Å². The van der Waals surface area contributed by atoms with Crippen molar-refractivity contribution in [3.8, 4) is 11.5 Å². The summed E-state index contributed by atoms with van der Waals surface area (Å²) in [7, 11) is 1.67. The molecule has 2 heterocycles. The number of rotatable bonds is 5. The minimum atomic E-state index is 0.0118. The third-order valence-corrected chi connectivity index (χ3v) is 4.78. The maximum absolute atomic E-state index is 5.87. The van der Waals surface area contributed by atoms with E-state index >= 15 is 0 Å². The van der Waals surface area contributed by atoms with E-state index in [9.17, 15) is 0 Å². The van der Waals surface area contributed by atoms with E-state index in [-0.39, 0.29) is 18.0 Å². The lowest BCUT2D eigenvalue weighted by Crippen LogP contribution is -2.28. The molecular weight excluding hydrogens is 342 g/mol. The number of hydrogen-bond acceptors (Lipinski definition) is 6. The molecule has 0 spiro atoms. The van der Waals surface area contributed by atoms with Gasteiger partial charge in [-0.2, -0.15) is 4.98 Å². The Morgan fingerprint density at radius 3 is 2.70 bits per heavy atom. The van der Waals surface area contributed by atoms with Crippen LogP contribution in [0.1, 0.15) is 36.6 Å². The number of hydrogen-bond donors (Lipinski definition) is 2. The van der Waals surface area contributed by atoms with E-state index in [1.54, 1.807) is 7.11 Å². The van der Waals surface area contributed by atoms with Gasteiger partial charge in [0.1, 0.15) is 11.5 Å². The lowest BCUT2D eigenvalue weighted by Gasteiger charge is -2.31. The summed E-state index contributed by atoms with van der Waals surface area (Å²) in [6.07, 6.45) is 0.816. The Bertz CT molecular complexity index is 922. The standard InChI is InChI=1S/C20H23N5O2/c1-3-27-15-9-7-13(8-10-15)17-12-18(14-5-4-6-16(11-14)26-2)25-20(22-17)23-19(21)24-25/h4-11,17-18H,3,12H2,1-2H3,(H3,21,22,23,24)/t17-,18-/m0/s1. The van der Waals surface area contributed by atoms with Crippen LogP contribution in [0.3, 0.4) is 0 Å². The first-order valence-electron chi connectivity index (χ1n) is 9.03. The van der Waals surface area contributed by atoms with E-state index in [1.807, 2.05) is 41.9 Å². The molecule has 1 aromatic heterocycles. The molecule has 1 aliphatic rings. The smallest absolute Gasteiger partial charge is 0.241 e.